The Bertz CT molecular complexity index is 167. The lowest BCUT2D eigenvalue weighted by atomic mass is 9.76. The summed E-state index contributed by atoms with van der Waals surface area (Å²) in [5.74, 6) is 3.99. The molecule has 0 spiro atoms. The number of hydrogen-bond acceptors (Lipinski definition) is 1. The first-order valence-electron chi connectivity index (χ1n) is 5.78. The van der Waals surface area contributed by atoms with Gasteiger partial charge in [0.15, 0.2) is 0 Å². The van der Waals surface area contributed by atoms with E-state index < -0.39 is 0 Å². The van der Waals surface area contributed by atoms with Crippen LogP contribution in [-0.2, 0) is 4.74 Å². The van der Waals surface area contributed by atoms with Crippen LogP contribution in [-0.4, -0.2) is 13.7 Å². The van der Waals surface area contributed by atoms with Gasteiger partial charge in [0.1, 0.15) is 0 Å². The van der Waals surface area contributed by atoms with Crippen LogP contribution in [0.2, 0.25) is 0 Å². The van der Waals surface area contributed by atoms with E-state index >= 15 is 0 Å². The van der Waals surface area contributed by atoms with Gasteiger partial charge >= 0.3 is 0 Å². The van der Waals surface area contributed by atoms with E-state index in [2.05, 4.69) is 6.92 Å². The van der Waals surface area contributed by atoms with Crippen molar-refractivity contribution in [1.82, 2.24) is 0 Å². The molecule has 2 aliphatic rings. The number of hydrogen-bond donors (Lipinski definition) is 0. The highest BCUT2D eigenvalue weighted by molar-refractivity contribution is 4.87. The molecular weight excluding hydrogens is 160 g/mol. The Morgan fingerprint density at radius 1 is 1.08 bits per heavy atom. The lowest BCUT2D eigenvalue weighted by Crippen LogP contribution is -2.23. The van der Waals surface area contributed by atoms with Crippen molar-refractivity contribution in [2.24, 2.45) is 23.7 Å². The minimum Gasteiger partial charge on any atom is -0.384 e. The van der Waals surface area contributed by atoms with Crippen molar-refractivity contribution < 1.29 is 4.74 Å². The standard InChI is InChI=1S/C12H22O/c1-9-5-11-4-3-10(8-13-2)7-12(11)6-9/h9-12H,3-8H2,1-2H3. The summed E-state index contributed by atoms with van der Waals surface area (Å²) in [6.07, 6.45) is 7.34. The molecule has 2 saturated carbocycles. The lowest BCUT2D eigenvalue weighted by molar-refractivity contribution is 0.0994. The fraction of sp³-hybridized carbons (Fsp3) is 1.00. The minimum absolute atomic E-state index is 0.872. The lowest BCUT2D eigenvalue weighted by Gasteiger charge is -2.31. The van der Waals surface area contributed by atoms with Gasteiger partial charge in [-0.2, -0.15) is 0 Å². The van der Waals surface area contributed by atoms with Crippen LogP contribution in [0.25, 0.3) is 0 Å². The second-order valence-electron chi connectivity index (χ2n) is 5.23. The molecular formula is C12H22O. The maximum absolute atomic E-state index is 5.26. The quantitative estimate of drug-likeness (QED) is 0.637. The predicted octanol–water partition coefficient (Wildman–Crippen LogP) is 3.10. The molecule has 0 aliphatic heterocycles. The zero-order chi connectivity index (χ0) is 9.26. The molecule has 4 unspecified atom stereocenters. The molecule has 0 N–H and O–H groups in total. The fourth-order valence-electron chi connectivity index (χ4n) is 3.54. The molecule has 4 atom stereocenters. The Morgan fingerprint density at radius 3 is 2.62 bits per heavy atom. The van der Waals surface area contributed by atoms with E-state index in [1.165, 1.54) is 32.1 Å². The number of rotatable bonds is 2. The Morgan fingerprint density at radius 2 is 1.85 bits per heavy atom. The van der Waals surface area contributed by atoms with Gasteiger partial charge < -0.3 is 4.74 Å². The molecule has 0 aromatic heterocycles. The van der Waals surface area contributed by atoms with Gasteiger partial charge in [-0.15, -0.1) is 0 Å². The average molecular weight is 182 g/mol. The first-order valence-corrected chi connectivity index (χ1v) is 5.78. The summed E-state index contributed by atoms with van der Waals surface area (Å²) in [5, 5.41) is 0. The SMILES string of the molecule is COCC1CCC2CC(C)CC2C1. The first kappa shape index (κ1) is 9.51. The van der Waals surface area contributed by atoms with Gasteiger partial charge in [-0.05, 0) is 55.8 Å². The average Bonchev–Trinajstić information content (AvgIpc) is 2.44. The largest absolute Gasteiger partial charge is 0.384 e. The van der Waals surface area contributed by atoms with E-state index in [9.17, 15) is 0 Å². The Balaban J connectivity index is 1.86. The topological polar surface area (TPSA) is 9.23 Å². The first-order chi connectivity index (χ1) is 6.29. The third-order valence-corrected chi connectivity index (χ3v) is 4.06. The Labute approximate surface area is 81.9 Å². The summed E-state index contributed by atoms with van der Waals surface area (Å²) >= 11 is 0. The van der Waals surface area contributed by atoms with Crippen LogP contribution in [0.3, 0.4) is 0 Å². The molecule has 13 heavy (non-hydrogen) atoms. The van der Waals surface area contributed by atoms with Crippen molar-refractivity contribution in [3.05, 3.63) is 0 Å². The van der Waals surface area contributed by atoms with E-state index in [-0.39, 0.29) is 0 Å². The van der Waals surface area contributed by atoms with Crippen LogP contribution < -0.4 is 0 Å². The third kappa shape index (κ3) is 2.07. The molecule has 0 aromatic rings. The molecule has 0 heterocycles. The van der Waals surface area contributed by atoms with E-state index in [1.807, 2.05) is 7.11 Å². The van der Waals surface area contributed by atoms with Gasteiger partial charge in [0.05, 0.1) is 0 Å². The molecule has 2 aliphatic carbocycles. The maximum Gasteiger partial charge on any atom is 0.0490 e. The maximum atomic E-state index is 5.26. The molecule has 0 bridgehead atoms. The highest BCUT2D eigenvalue weighted by atomic mass is 16.5. The molecule has 0 aromatic carbocycles. The highest BCUT2D eigenvalue weighted by Gasteiger charge is 2.36. The van der Waals surface area contributed by atoms with Crippen molar-refractivity contribution in [2.75, 3.05) is 13.7 Å². The Hall–Kier alpha value is -0.0400. The van der Waals surface area contributed by atoms with E-state index in [0.29, 0.717) is 0 Å². The Kier molecular flexibility index (Phi) is 2.92. The highest BCUT2D eigenvalue weighted by Crippen LogP contribution is 2.46. The van der Waals surface area contributed by atoms with Gasteiger partial charge in [-0.25, -0.2) is 0 Å². The molecule has 2 rings (SSSR count). The van der Waals surface area contributed by atoms with Crippen molar-refractivity contribution in [3.63, 3.8) is 0 Å². The van der Waals surface area contributed by atoms with Crippen molar-refractivity contribution in [2.45, 2.75) is 39.0 Å². The molecule has 1 heteroatoms. The van der Waals surface area contributed by atoms with Crippen molar-refractivity contribution in [1.29, 1.82) is 0 Å². The summed E-state index contributed by atoms with van der Waals surface area (Å²) < 4.78 is 5.26. The van der Waals surface area contributed by atoms with Crippen molar-refractivity contribution >= 4 is 0 Å². The van der Waals surface area contributed by atoms with Crippen LogP contribution in [0.15, 0.2) is 0 Å². The second kappa shape index (κ2) is 4.00. The van der Waals surface area contributed by atoms with Gasteiger partial charge in [0, 0.05) is 13.7 Å². The van der Waals surface area contributed by atoms with Crippen LogP contribution in [0.5, 0.6) is 0 Å². The number of methoxy groups -OCH3 is 1. The molecule has 1 nitrogen and oxygen atoms in total. The predicted molar refractivity (Wildman–Crippen MR) is 54.6 cm³/mol. The van der Waals surface area contributed by atoms with Gasteiger partial charge in [-0.1, -0.05) is 6.92 Å². The summed E-state index contributed by atoms with van der Waals surface area (Å²) in [7, 11) is 1.84. The monoisotopic (exact) mass is 182 g/mol. The molecule has 0 radical (unpaired) electrons. The summed E-state index contributed by atoms with van der Waals surface area (Å²) in [4.78, 5) is 0. The minimum atomic E-state index is 0.872. The van der Waals surface area contributed by atoms with Crippen LogP contribution >= 0.6 is 0 Å². The van der Waals surface area contributed by atoms with Gasteiger partial charge in [0.25, 0.3) is 0 Å². The summed E-state index contributed by atoms with van der Waals surface area (Å²) in [6.45, 7) is 3.42. The third-order valence-electron chi connectivity index (χ3n) is 4.06. The zero-order valence-corrected chi connectivity index (χ0v) is 8.96. The second-order valence-corrected chi connectivity index (χ2v) is 5.23. The van der Waals surface area contributed by atoms with Crippen LogP contribution in [0, 0.1) is 23.7 Å². The van der Waals surface area contributed by atoms with Crippen molar-refractivity contribution in [3.8, 4) is 0 Å². The summed E-state index contributed by atoms with van der Waals surface area (Å²) in [6, 6.07) is 0. The molecule has 2 fully saturated rings. The van der Waals surface area contributed by atoms with Gasteiger partial charge in [0.2, 0.25) is 0 Å². The fourth-order valence-corrected chi connectivity index (χ4v) is 3.54. The summed E-state index contributed by atoms with van der Waals surface area (Å²) in [5.41, 5.74) is 0. The number of fused-ring (bicyclic) bond motifs is 1. The van der Waals surface area contributed by atoms with Gasteiger partial charge in [-0.3, -0.25) is 0 Å². The smallest absolute Gasteiger partial charge is 0.0490 e. The van der Waals surface area contributed by atoms with Crippen LogP contribution in [0.1, 0.15) is 39.0 Å². The number of ether oxygens (including phenoxy) is 1. The van der Waals surface area contributed by atoms with Crippen LogP contribution in [0.4, 0.5) is 0 Å². The van der Waals surface area contributed by atoms with E-state index in [0.717, 1.165) is 30.3 Å². The molecule has 0 saturated heterocycles. The van der Waals surface area contributed by atoms with E-state index in [4.69, 9.17) is 4.74 Å². The molecule has 76 valence electrons. The van der Waals surface area contributed by atoms with E-state index in [1.54, 1.807) is 0 Å². The normalized spacial score (nSPS) is 44.8. The molecule has 0 amide bonds. The zero-order valence-electron chi connectivity index (χ0n) is 8.96.